The van der Waals surface area contributed by atoms with Crippen LogP contribution in [0.5, 0.6) is 5.75 Å². The number of para-hydroxylation sites is 1. The highest BCUT2D eigenvalue weighted by Crippen LogP contribution is 2.33. The zero-order valence-electron chi connectivity index (χ0n) is 16.9. The summed E-state index contributed by atoms with van der Waals surface area (Å²) >= 11 is 1.54. The standard InChI is InChI=1S/C24H23N3O2S/c1-27(24-26-23-19(29-2)14-9-15-20(23)30-24)16-21(28)25-22(17-10-5-3-6-11-17)18-12-7-4-8-13-18/h3-15,22H,16H2,1-2H3,(H,25,28). The van der Waals surface area contributed by atoms with Gasteiger partial charge in [0.05, 0.1) is 24.4 Å². The third kappa shape index (κ3) is 4.28. The van der Waals surface area contributed by atoms with Gasteiger partial charge in [0.25, 0.3) is 0 Å². The molecular formula is C24H23N3O2S. The minimum atomic E-state index is -0.205. The Bertz CT molecular complexity index is 1090. The lowest BCUT2D eigenvalue weighted by Gasteiger charge is -2.22. The minimum Gasteiger partial charge on any atom is -0.494 e. The van der Waals surface area contributed by atoms with Crippen LogP contribution in [-0.2, 0) is 4.79 Å². The molecule has 1 heterocycles. The minimum absolute atomic E-state index is 0.0681. The molecule has 0 bridgehead atoms. The molecule has 4 rings (SSSR count). The molecule has 0 aliphatic carbocycles. The average Bonchev–Trinajstić information content (AvgIpc) is 3.23. The number of thiazole rings is 1. The number of methoxy groups -OCH3 is 1. The van der Waals surface area contributed by atoms with Gasteiger partial charge in [-0.1, -0.05) is 78.1 Å². The molecule has 0 saturated carbocycles. The Morgan fingerprint density at radius 1 is 1.00 bits per heavy atom. The highest BCUT2D eigenvalue weighted by atomic mass is 32.1. The van der Waals surface area contributed by atoms with E-state index in [0.717, 1.165) is 32.2 Å². The summed E-state index contributed by atoms with van der Waals surface area (Å²) in [7, 11) is 3.52. The second kappa shape index (κ2) is 8.97. The van der Waals surface area contributed by atoms with E-state index >= 15 is 0 Å². The van der Waals surface area contributed by atoms with Gasteiger partial charge >= 0.3 is 0 Å². The van der Waals surface area contributed by atoms with E-state index in [4.69, 9.17) is 4.74 Å². The molecule has 0 aliphatic heterocycles. The van der Waals surface area contributed by atoms with Gasteiger partial charge in [0.2, 0.25) is 5.91 Å². The molecule has 6 heteroatoms. The van der Waals surface area contributed by atoms with Crippen LogP contribution in [0.1, 0.15) is 17.2 Å². The lowest BCUT2D eigenvalue weighted by Crippen LogP contribution is -2.37. The molecule has 30 heavy (non-hydrogen) atoms. The number of ether oxygens (including phenoxy) is 1. The predicted octanol–water partition coefficient (Wildman–Crippen LogP) is 4.65. The molecular weight excluding hydrogens is 394 g/mol. The number of amides is 1. The maximum Gasteiger partial charge on any atom is 0.240 e. The zero-order valence-corrected chi connectivity index (χ0v) is 17.7. The normalized spacial score (nSPS) is 10.9. The SMILES string of the molecule is COc1cccc2sc(N(C)CC(=O)NC(c3ccccc3)c3ccccc3)nc12. The third-order valence-electron chi connectivity index (χ3n) is 4.87. The summed E-state index contributed by atoms with van der Waals surface area (Å²) in [6.45, 7) is 0.207. The first-order valence-corrected chi connectivity index (χ1v) is 10.5. The number of nitrogens with zero attached hydrogens (tertiary/aromatic N) is 2. The number of nitrogens with one attached hydrogen (secondary N) is 1. The van der Waals surface area contributed by atoms with Crippen LogP contribution < -0.4 is 15.0 Å². The molecule has 0 unspecified atom stereocenters. The van der Waals surface area contributed by atoms with Crippen molar-refractivity contribution in [3.8, 4) is 5.75 Å². The number of likely N-dealkylation sites (N-methyl/N-ethyl adjacent to an activating group) is 1. The maximum absolute atomic E-state index is 12.9. The highest BCUT2D eigenvalue weighted by Gasteiger charge is 2.19. The van der Waals surface area contributed by atoms with Crippen molar-refractivity contribution in [2.75, 3.05) is 25.6 Å². The smallest absolute Gasteiger partial charge is 0.240 e. The Kier molecular flexibility index (Phi) is 5.95. The first-order valence-electron chi connectivity index (χ1n) is 9.69. The number of hydrogen-bond donors (Lipinski definition) is 1. The summed E-state index contributed by atoms with van der Waals surface area (Å²) < 4.78 is 6.43. The van der Waals surface area contributed by atoms with Crippen molar-refractivity contribution in [3.63, 3.8) is 0 Å². The monoisotopic (exact) mass is 417 g/mol. The van der Waals surface area contributed by atoms with Crippen LogP contribution in [0.4, 0.5) is 5.13 Å². The second-order valence-electron chi connectivity index (χ2n) is 6.98. The molecule has 0 radical (unpaired) electrons. The fraction of sp³-hybridized carbons (Fsp3) is 0.167. The van der Waals surface area contributed by atoms with E-state index in [1.807, 2.05) is 90.8 Å². The number of fused-ring (bicyclic) bond motifs is 1. The van der Waals surface area contributed by atoms with Gasteiger partial charge in [-0.2, -0.15) is 0 Å². The van der Waals surface area contributed by atoms with Crippen molar-refractivity contribution in [2.24, 2.45) is 0 Å². The number of carbonyl (C=O) groups excluding carboxylic acids is 1. The molecule has 1 aromatic heterocycles. The molecule has 0 spiro atoms. The molecule has 4 aromatic rings. The highest BCUT2D eigenvalue weighted by molar-refractivity contribution is 7.22. The van der Waals surface area contributed by atoms with E-state index in [1.54, 1.807) is 18.4 Å². The van der Waals surface area contributed by atoms with Crippen LogP contribution in [0.25, 0.3) is 10.2 Å². The van der Waals surface area contributed by atoms with Crippen LogP contribution >= 0.6 is 11.3 Å². The average molecular weight is 418 g/mol. The van der Waals surface area contributed by atoms with Crippen molar-refractivity contribution in [1.29, 1.82) is 0 Å². The van der Waals surface area contributed by atoms with Gasteiger partial charge in [0.1, 0.15) is 11.3 Å². The fourth-order valence-corrected chi connectivity index (χ4v) is 4.32. The lowest BCUT2D eigenvalue weighted by atomic mass is 9.99. The molecule has 1 N–H and O–H groups in total. The van der Waals surface area contributed by atoms with Crippen LogP contribution in [0.3, 0.4) is 0 Å². The van der Waals surface area contributed by atoms with Crippen molar-refractivity contribution in [3.05, 3.63) is 90.0 Å². The van der Waals surface area contributed by atoms with Crippen molar-refractivity contribution >= 4 is 32.6 Å². The van der Waals surface area contributed by atoms with Crippen molar-refractivity contribution in [1.82, 2.24) is 10.3 Å². The Balaban J connectivity index is 1.52. The summed E-state index contributed by atoms with van der Waals surface area (Å²) in [5.41, 5.74) is 2.91. The molecule has 5 nitrogen and oxygen atoms in total. The zero-order chi connectivity index (χ0) is 20.9. The van der Waals surface area contributed by atoms with E-state index in [9.17, 15) is 4.79 Å². The van der Waals surface area contributed by atoms with Crippen molar-refractivity contribution < 1.29 is 9.53 Å². The fourth-order valence-electron chi connectivity index (χ4n) is 3.38. The summed E-state index contributed by atoms with van der Waals surface area (Å²) in [6, 6.07) is 25.6. The number of benzene rings is 3. The number of hydrogen-bond acceptors (Lipinski definition) is 5. The summed E-state index contributed by atoms with van der Waals surface area (Å²) in [5, 5.41) is 3.96. The molecule has 0 fully saturated rings. The van der Waals surface area contributed by atoms with Crippen LogP contribution in [0, 0.1) is 0 Å². The summed E-state index contributed by atoms with van der Waals surface area (Å²) in [6.07, 6.45) is 0. The van der Waals surface area contributed by atoms with Gasteiger partial charge < -0.3 is 15.0 Å². The summed E-state index contributed by atoms with van der Waals surface area (Å²) in [5.74, 6) is 0.669. The maximum atomic E-state index is 12.9. The van der Waals surface area contributed by atoms with E-state index in [-0.39, 0.29) is 18.5 Å². The van der Waals surface area contributed by atoms with Gasteiger partial charge in [-0.25, -0.2) is 4.98 Å². The number of anilines is 1. The second-order valence-corrected chi connectivity index (χ2v) is 7.99. The predicted molar refractivity (Wildman–Crippen MR) is 122 cm³/mol. The van der Waals surface area contributed by atoms with Gasteiger partial charge in [-0.05, 0) is 23.3 Å². The first-order chi connectivity index (χ1) is 14.7. The number of rotatable bonds is 7. The van der Waals surface area contributed by atoms with E-state index in [2.05, 4.69) is 10.3 Å². The van der Waals surface area contributed by atoms with Gasteiger partial charge in [-0.15, -0.1) is 0 Å². The largest absolute Gasteiger partial charge is 0.494 e. The molecule has 3 aromatic carbocycles. The van der Waals surface area contributed by atoms with Gasteiger partial charge in [0.15, 0.2) is 5.13 Å². The quantitative estimate of drug-likeness (QED) is 0.476. The van der Waals surface area contributed by atoms with Gasteiger partial charge in [0, 0.05) is 7.05 Å². The Morgan fingerprint density at radius 2 is 1.63 bits per heavy atom. The van der Waals surface area contributed by atoms with E-state index in [1.165, 1.54) is 0 Å². The first kappa shape index (κ1) is 19.9. The molecule has 0 aliphatic rings. The molecule has 0 saturated heterocycles. The Labute approximate surface area is 179 Å². The topological polar surface area (TPSA) is 54.5 Å². The van der Waals surface area contributed by atoms with E-state index in [0.29, 0.717) is 0 Å². The van der Waals surface area contributed by atoms with Crippen molar-refractivity contribution in [2.45, 2.75) is 6.04 Å². The van der Waals surface area contributed by atoms with Crippen LogP contribution in [0.15, 0.2) is 78.9 Å². The summed E-state index contributed by atoms with van der Waals surface area (Å²) in [4.78, 5) is 19.5. The molecule has 1 amide bonds. The lowest BCUT2D eigenvalue weighted by molar-refractivity contribution is -0.120. The van der Waals surface area contributed by atoms with E-state index < -0.39 is 0 Å². The Hall–Kier alpha value is -3.38. The van der Waals surface area contributed by atoms with Crippen LogP contribution in [-0.4, -0.2) is 31.6 Å². The van der Waals surface area contributed by atoms with Gasteiger partial charge in [-0.3, -0.25) is 4.79 Å². The third-order valence-corrected chi connectivity index (χ3v) is 6.00. The molecule has 152 valence electrons. The Morgan fingerprint density at radius 3 is 2.23 bits per heavy atom. The van der Waals surface area contributed by atoms with Crippen LogP contribution in [0.2, 0.25) is 0 Å². The number of aromatic nitrogens is 1. The molecule has 0 atom stereocenters. The number of carbonyl (C=O) groups is 1.